The van der Waals surface area contributed by atoms with Crippen molar-refractivity contribution in [1.82, 2.24) is 20.5 Å². The third-order valence-corrected chi connectivity index (χ3v) is 3.81. The molecule has 0 unspecified atom stereocenters. The number of hydrogen-bond donors (Lipinski definition) is 2. The standard InChI is InChI=1S/C16H25N5O.HI/c1-16(2)6-10-21(12-16)15(17-3)20-9-8-19-14(22)13-5-4-7-18-11-13;/h4-5,7,11H,6,8-10,12H2,1-3H3,(H,17,20)(H,19,22);1H. The van der Waals surface area contributed by atoms with Crippen molar-refractivity contribution in [2.24, 2.45) is 10.4 Å². The van der Waals surface area contributed by atoms with E-state index >= 15 is 0 Å². The predicted molar refractivity (Wildman–Crippen MR) is 103 cm³/mol. The zero-order valence-electron chi connectivity index (χ0n) is 14.0. The molecule has 1 saturated heterocycles. The fourth-order valence-corrected chi connectivity index (χ4v) is 2.57. The Morgan fingerprint density at radius 1 is 1.39 bits per heavy atom. The van der Waals surface area contributed by atoms with Crippen LogP contribution in [0.2, 0.25) is 0 Å². The van der Waals surface area contributed by atoms with E-state index in [2.05, 4.69) is 39.4 Å². The van der Waals surface area contributed by atoms with E-state index in [0.29, 0.717) is 24.1 Å². The van der Waals surface area contributed by atoms with Gasteiger partial charge in [0.15, 0.2) is 5.96 Å². The van der Waals surface area contributed by atoms with Crippen molar-refractivity contribution in [1.29, 1.82) is 0 Å². The molecule has 128 valence electrons. The number of rotatable bonds is 4. The second kappa shape index (κ2) is 9.05. The van der Waals surface area contributed by atoms with E-state index in [9.17, 15) is 4.79 Å². The minimum absolute atomic E-state index is 0. The third-order valence-electron chi connectivity index (χ3n) is 3.81. The van der Waals surface area contributed by atoms with Crippen LogP contribution >= 0.6 is 24.0 Å². The minimum Gasteiger partial charge on any atom is -0.354 e. The molecule has 6 nitrogen and oxygen atoms in total. The summed E-state index contributed by atoms with van der Waals surface area (Å²) in [5, 5.41) is 6.17. The van der Waals surface area contributed by atoms with E-state index in [1.165, 1.54) is 6.42 Å². The van der Waals surface area contributed by atoms with Gasteiger partial charge in [-0.1, -0.05) is 13.8 Å². The molecule has 1 aliphatic heterocycles. The Labute approximate surface area is 155 Å². The Balaban J connectivity index is 0.00000264. The van der Waals surface area contributed by atoms with Crippen LogP contribution in [0.1, 0.15) is 30.6 Å². The van der Waals surface area contributed by atoms with E-state index in [4.69, 9.17) is 0 Å². The SMILES string of the molecule is CN=C(NCCNC(=O)c1cccnc1)N1CCC(C)(C)C1.I. The second-order valence-corrected chi connectivity index (χ2v) is 6.31. The molecular weight excluding hydrogens is 405 g/mol. The molecule has 1 fully saturated rings. The molecule has 0 bridgehead atoms. The first-order valence-corrected chi connectivity index (χ1v) is 7.66. The van der Waals surface area contributed by atoms with Gasteiger partial charge in [0.1, 0.15) is 0 Å². The van der Waals surface area contributed by atoms with Gasteiger partial charge in [-0.3, -0.25) is 14.8 Å². The summed E-state index contributed by atoms with van der Waals surface area (Å²) < 4.78 is 0. The molecule has 2 heterocycles. The van der Waals surface area contributed by atoms with Gasteiger partial charge in [-0.05, 0) is 24.0 Å². The number of nitrogens with one attached hydrogen (secondary N) is 2. The van der Waals surface area contributed by atoms with Crippen molar-refractivity contribution in [3.05, 3.63) is 30.1 Å². The third kappa shape index (κ3) is 5.96. The quantitative estimate of drug-likeness (QED) is 0.330. The molecule has 2 N–H and O–H groups in total. The Hall–Kier alpha value is -1.38. The highest BCUT2D eigenvalue weighted by Gasteiger charge is 2.30. The summed E-state index contributed by atoms with van der Waals surface area (Å²) in [5.41, 5.74) is 0.916. The van der Waals surface area contributed by atoms with Crippen LogP contribution in [0, 0.1) is 5.41 Å². The van der Waals surface area contributed by atoms with E-state index in [1.807, 2.05) is 0 Å². The number of pyridine rings is 1. The molecule has 1 aliphatic rings. The van der Waals surface area contributed by atoms with Crippen LogP contribution in [0.5, 0.6) is 0 Å². The van der Waals surface area contributed by atoms with Crippen LogP contribution in [0.25, 0.3) is 0 Å². The van der Waals surface area contributed by atoms with Gasteiger partial charge in [-0.25, -0.2) is 0 Å². The van der Waals surface area contributed by atoms with Crippen molar-refractivity contribution >= 4 is 35.8 Å². The van der Waals surface area contributed by atoms with Crippen molar-refractivity contribution < 1.29 is 4.79 Å². The van der Waals surface area contributed by atoms with Crippen LogP contribution in [-0.4, -0.2) is 55.0 Å². The highest BCUT2D eigenvalue weighted by atomic mass is 127. The average Bonchev–Trinajstić information content (AvgIpc) is 2.88. The molecule has 7 heteroatoms. The normalized spacial score (nSPS) is 16.7. The van der Waals surface area contributed by atoms with Crippen LogP contribution < -0.4 is 10.6 Å². The van der Waals surface area contributed by atoms with Gasteiger partial charge in [0, 0.05) is 45.6 Å². The fraction of sp³-hybridized carbons (Fsp3) is 0.562. The first kappa shape index (κ1) is 19.7. The summed E-state index contributed by atoms with van der Waals surface area (Å²) in [6.45, 7) is 7.77. The average molecular weight is 431 g/mol. The van der Waals surface area contributed by atoms with Gasteiger partial charge < -0.3 is 15.5 Å². The van der Waals surface area contributed by atoms with Crippen molar-refractivity contribution in [3.8, 4) is 0 Å². The molecule has 2 rings (SSSR count). The monoisotopic (exact) mass is 431 g/mol. The summed E-state index contributed by atoms with van der Waals surface area (Å²) in [5.74, 6) is 0.799. The molecule has 0 atom stereocenters. The number of amides is 1. The lowest BCUT2D eigenvalue weighted by Crippen LogP contribution is -2.43. The van der Waals surface area contributed by atoms with Crippen molar-refractivity contribution in [2.45, 2.75) is 20.3 Å². The Morgan fingerprint density at radius 2 is 2.13 bits per heavy atom. The fourth-order valence-electron chi connectivity index (χ4n) is 2.57. The molecule has 0 saturated carbocycles. The molecule has 0 aromatic carbocycles. The lowest BCUT2D eigenvalue weighted by molar-refractivity contribution is 0.0954. The zero-order valence-corrected chi connectivity index (χ0v) is 16.3. The van der Waals surface area contributed by atoms with E-state index in [-0.39, 0.29) is 29.9 Å². The number of aliphatic imine (C=N–C) groups is 1. The molecular formula is C16H26IN5O. The van der Waals surface area contributed by atoms with E-state index < -0.39 is 0 Å². The van der Waals surface area contributed by atoms with Crippen LogP contribution in [0.15, 0.2) is 29.5 Å². The Morgan fingerprint density at radius 3 is 2.70 bits per heavy atom. The number of carbonyl (C=O) groups excluding carboxylic acids is 1. The van der Waals surface area contributed by atoms with Gasteiger partial charge in [0.05, 0.1) is 5.56 Å². The molecule has 0 aliphatic carbocycles. The predicted octanol–water partition coefficient (Wildman–Crippen LogP) is 1.74. The molecule has 0 radical (unpaired) electrons. The lowest BCUT2D eigenvalue weighted by Gasteiger charge is -2.23. The van der Waals surface area contributed by atoms with Crippen LogP contribution in [0.4, 0.5) is 0 Å². The number of carbonyl (C=O) groups is 1. The number of aromatic nitrogens is 1. The number of halogens is 1. The van der Waals surface area contributed by atoms with E-state index in [1.54, 1.807) is 31.6 Å². The van der Waals surface area contributed by atoms with Gasteiger partial charge >= 0.3 is 0 Å². The highest BCUT2D eigenvalue weighted by molar-refractivity contribution is 14.0. The molecule has 23 heavy (non-hydrogen) atoms. The molecule has 1 aromatic heterocycles. The lowest BCUT2D eigenvalue weighted by atomic mass is 9.93. The number of guanidine groups is 1. The smallest absolute Gasteiger partial charge is 0.252 e. The minimum atomic E-state index is -0.104. The largest absolute Gasteiger partial charge is 0.354 e. The van der Waals surface area contributed by atoms with Gasteiger partial charge in [-0.2, -0.15) is 0 Å². The number of nitrogens with zero attached hydrogens (tertiary/aromatic N) is 3. The van der Waals surface area contributed by atoms with E-state index in [0.717, 1.165) is 19.0 Å². The van der Waals surface area contributed by atoms with Crippen molar-refractivity contribution in [2.75, 3.05) is 33.2 Å². The molecule has 1 aromatic rings. The summed E-state index contributed by atoms with van der Waals surface area (Å²) in [6.07, 6.45) is 4.39. The van der Waals surface area contributed by atoms with Crippen LogP contribution in [-0.2, 0) is 0 Å². The molecule has 0 spiro atoms. The topological polar surface area (TPSA) is 69.6 Å². The summed E-state index contributed by atoms with van der Waals surface area (Å²) in [6, 6.07) is 3.51. The first-order valence-electron chi connectivity index (χ1n) is 7.66. The Bertz CT molecular complexity index is 533. The van der Waals surface area contributed by atoms with Gasteiger partial charge in [0.2, 0.25) is 0 Å². The summed E-state index contributed by atoms with van der Waals surface area (Å²) in [4.78, 5) is 22.4. The summed E-state index contributed by atoms with van der Waals surface area (Å²) in [7, 11) is 1.79. The highest BCUT2D eigenvalue weighted by Crippen LogP contribution is 2.28. The maximum Gasteiger partial charge on any atom is 0.252 e. The Kier molecular flexibility index (Phi) is 7.74. The zero-order chi connectivity index (χ0) is 16.0. The number of hydrogen-bond acceptors (Lipinski definition) is 3. The van der Waals surface area contributed by atoms with Gasteiger partial charge in [0.25, 0.3) is 5.91 Å². The first-order chi connectivity index (χ1) is 10.5. The van der Waals surface area contributed by atoms with Crippen molar-refractivity contribution in [3.63, 3.8) is 0 Å². The van der Waals surface area contributed by atoms with Crippen LogP contribution in [0.3, 0.4) is 0 Å². The second-order valence-electron chi connectivity index (χ2n) is 6.31. The summed E-state index contributed by atoms with van der Waals surface area (Å²) >= 11 is 0. The molecule has 1 amide bonds. The van der Waals surface area contributed by atoms with Gasteiger partial charge in [-0.15, -0.1) is 24.0 Å². The maximum atomic E-state index is 11.9. The number of likely N-dealkylation sites (tertiary alicyclic amines) is 1. The maximum absolute atomic E-state index is 11.9.